The van der Waals surface area contributed by atoms with Gasteiger partial charge >= 0.3 is 5.97 Å². The van der Waals surface area contributed by atoms with Gasteiger partial charge in [0.25, 0.3) is 5.91 Å². The van der Waals surface area contributed by atoms with Crippen molar-refractivity contribution in [3.8, 4) is 11.5 Å². The van der Waals surface area contributed by atoms with Crippen LogP contribution < -0.4 is 9.47 Å². The second-order valence-electron chi connectivity index (χ2n) is 7.87. The van der Waals surface area contributed by atoms with Crippen LogP contribution in [0.2, 0.25) is 0 Å². The predicted molar refractivity (Wildman–Crippen MR) is 119 cm³/mol. The number of ether oxygens (including phenoxy) is 4. The summed E-state index contributed by atoms with van der Waals surface area (Å²) in [5, 5.41) is 0. The van der Waals surface area contributed by atoms with Gasteiger partial charge in [0, 0.05) is 37.0 Å². The molecule has 2 heterocycles. The molecular formula is C24H32N2O6. The lowest BCUT2D eigenvalue weighted by Gasteiger charge is -2.26. The van der Waals surface area contributed by atoms with Crippen LogP contribution in [0.3, 0.4) is 0 Å². The van der Waals surface area contributed by atoms with E-state index in [0.29, 0.717) is 49.1 Å². The van der Waals surface area contributed by atoms with Crippen LogP contribution in [0.4, 0.5) is 0 Å². The Morgan fingerprint density at radius 3 is 2.41 bits per heavy atom. The van der Waals surface area contributed by atoms with Crippen molar-refractivity contribution in [1.82, 2.24) is 9.88 Å². The molecule has 1 atom stereocenters. The van der Waals surface area contributed by atoms with Crippen LogP contribution >= 0.6 is 0 Å². The SMILES string of the molecule is CCOC(=O)c1[nH]c(C)c(CN(CC2CCCO2)C(=O)c2cc(OC)cc(OC)c2)c1C. The Hall–Kier alpha value is -3.00. The fourth-order valence-corrected chi connectivity index (χ4v) is 3.99. The summed E-state index contributed by atoms with van der Waals surface area (Å²) in [6, 6.07) is 5.13. The number of carbonyl (C=O) groups is 2. The molecule has 0 bridgehead atoms. The fourth-order valence-electron chi connectivity index (χ4n) is 3.99. The van der Waals surface area contributed by atoms with Crippen molar-refractivity contribution in [2.45, 2.75) is 46.3 Å². The molecule has 0 saturated carbocycles. The number of hydrogen-bond acceptors (Lipinski definition) is 6. The standard InChI is InChI=1S/C24H32N2O6/c1-6-31-24(28)22-15(2)21(16(3)25-22)14-26(13-18-8-7-9-32-18)23(27)17-10-19(29-4)12-20(11-17)30-5/h10-12,18,25H,6-9,13-14H2,1-5H3. The van der Waals surface area contributed by atoms with E-state index in [9.17, 15) is 9.59 Å². The highest BCUT2D eigenvalue weighted by Gasteiger charge is 2.27. The first-order valence-electron chi connectivity index (χ1n) is 10.9. The van der Waals surface area contributed by atoms with Crippen molar-refractivity contribution >= 4 is 11.9 Å². The summed E-state index contributed by atoms with van der Waals surface area (Å²) in [6.45, 7) is 7.34. The van der Waals surface area contributed by atoms with E-state index in [1.165, 1.54) is 0 Å². The second-order valence-corrected chi connectivity index (χ2v) is 7.87. The molecule has 0 radical (unpaired) electrons. The number of aromatic nitrogens is 1. The molecule has 1 amide bonds. The molecule has 1 N–H and O–H groups in total. The maximum absolute atomic E-state index is 13.6. The monoisotopic (exact) mass is 444 g/mol. The highest BCUT2D eigenvalue weighted by molar-refractivity contribution is 5.95. The van der Waals surface area contributed by atoms with Gasteiger partial charge in [0.2, 0.25) is 0 Å². The van der Waals surface area contributed by atoms with Gasteiger partial charge in [0.05, 0.1) is 26.9 Å². The van der Waals surface area contributed by atoms with Crippen molar-refractivity contribution in [3.05, 3.63) is 46.3 Å². The number of nitrogens with zero attached hydrogens (tertiary/aromatic N) is 1. The Morgan fingerprint density at radius 2 is 1.84 bits per heavy atom. The Morgan fingerprint density at radius 1 is 1.16 bits per heavy atom. The topological polar surface area (TPSA) is 90.1 Å². The number of carbonyl (C=O) groups excluding carboxylic acids is 2. The number of methoxy groups -OCH3 is 2. The molecule has 0 aliphatic carbocycles. The molecule has 1 saturated heterocycles. The molecule has 1 unspecified atom stereocenters. The summed E-state index contributed by atoms with van der Waals surface area (Å²) in [6.07, 6.45) is 1.87. The van der Waals surface area contributed by atoms with Crippen LogP contribution in [0.5, 0.6) is 11.5 Å². The number of rotatable bonds is 9. The number of aromatic amines is 1. The lowest BCUT2D eigenvalue weighted by molar-refractivity contribution is 0.0506. The zero-order chi connectivity index (χ0) is 23.3. The van der Waals surface area contributed by atoms with Gasteiger partial charge in [-0.25, -0.2) is 4.79 Å². The Bertz CT molecular complexity index is 939. The molecule has 8 heteroatoms. The van der Waals surface area contributed by atoms with Gasteiger partial charge in [-0.1, -0.05) is 0 Å². The fraction of sp³-hybridized carbons (Fsp3) is 0.500. The van der Waals surface area contributed by atoms with Crippen LogP contribution in [0.15, 0.2) is 18.2 Å². The number of esters is 1. The van der Waals surface area contributed by atoms with Gasteiger partial charge < -0.3 is 28.8 Å². The normalized spacial score (nSPS) is 15.5. The third kappa shape index (κ3) is 5.24. The molecule has 8 nitrogen and oxygen atoms in total. The van der Waals surface area contributed by atoms with Crippen LogP contribution in [0, 0.1) is 13.8 Å². The maximum atomic E-state index is 13.6. The number of H-pyrrole nitrogens is 1. The number of amides is 1. The average Bonchev–Trinajstić information content (AvgIpc) is 3.41. The van der Waals surface area contributed by atoms with Crippen LogP contribution in [0.1, 0.15) is 57.4 Å². The Labute approximate surface area is 188 Å². The van der Waals surface area contributed by atoms with Gasteiger partial charge in [0.15, 0.2) is 0 Å². The van der Waals surface area contributed by atoms with E-state index in [4.69, 9.17) is 18.9 Å². The summed E-state index contributed by atoms with van der Waals surface area (Å²) in [4.78, 5) is 30.8. The van der Waals surface area contributed by atoms with E-state index in [1.54, 1.807) is 44.2 Å². The highest BCUT2D eigenvalue weighted by atomic mass is 16.5. The van der Waals surface area contributed by atoms with Gasteiger partial charge in [-0.2, -0.15) is 0 Å². The number of benzene rings is 1. The summed E-state index contributed by atoms with van der Waals surface area (Å²) in [5.74, 6) is 0.538. The third-order valence-electron chi connectivity index (χ3n) is 5.75. The van der Waals surface area contributed by atoms with Crippen molar-refractivity contribution < 1.29 is 28.5 Å². The summed E-state index contributed by atoms with van der Waals surface area (Å²) >= 11 is 0. The molecule has 2 aromatic rings. The van der Waals surface area contributed by atoms with Crippen LogP contribution in [-0.2, 0) is 16.0 Å². The number of hydrogen-bond donors (Lipinski definition) is 1. The highest BCUT2D eigenvalue weighted by Crippen LogP contribution is 2.27. The molecule has 1 aliphatic rings. The molecule has 174 valence electrons. The van der Waals surface area contributed by atoms with Gasteiger partial charge in [-0.15, -0.1) is 0 Å². The first-order valence-corrected chi connectivity index (χ1v) is 10.9. The minimum absolute atomic E-state index is 0.0180. The average molecular weight is 445 g/mol. The van der Waals surface area contributed by atoms with Crippen LogP contribution in [0.25, 0.3) is 0 Å². The lowest BCUT2D eigenvalue weighted by Crippen LogP contribution is -2.37. The Balaban J connectivity index is 1.93. The molecule has 1 aromatic carbocycles. The van der Waals surface area contributed by atoms with Crippen molar-refractivity contribution in [2.75, 3.05) is 34.0 Å². The van der Waals surface area contributed by atoms with E-state index in [1.807, 2.05) is 13.8 Å². The first-order chi connectivity index (χ1) is 15.4. The van der Waals surface area contributed by atoms with Gasteiger partial charge in [0.1, 0.15) is 17.2 Å². The minimum Gasteiger partial charge on any atom is -0.497 e. The van der Waals surface area contributed by atoms with Gasteiger partial charge in [-0.3, -0.25) is 4.79 Å². The molecule has 0 spiro atoms. The Kier molecular flexibility index (Phi) is 7.80. The van der Waals surface area contributed by atoms with Crippen LogP contribution in [-0.4, -0.2) is 61.8 Å². The molecule has 3 rings (SSSR count). The number of aryl methyl sites for hydroxylation is 1. The first kappa shape index (κ1) is 23.7. The van der Waals surface area contributed by atoms with Crippen molar-refractivity contribution in [2.24, 2.45) is 0 Å². The van der Waals surface area contributed by atoms with E-state index < -0.39 is 5.97 Å². The molecular weight excluding hydrogens is 412 g/mol. The van der Waals surface area contributed by atoms with Gasteiger partial charge in [-0.05, 0) is 56.9 Å². The largest absolute Gasteiger partial charge is 0.497 e. The third-order valence-corrected chi connectivity index (χ3v) is 5.75. The maximum Gasteiger partial charge on any atom is 0.355 e. The van der Waals surface area contributed by atoms with E-state index >= 15 is 0 Å². The predicted octanol–water partition coefficient (Wildman–Crippen LogP) is 3.65. The van der Waals surface area contributed by atoms with Crippen molar-refractivity contribution in [3.63, 3.8) is 0 Å². The minimum atomic E-state index is -0.395. The second kappa shape index (κ2) is 10.5. The molecule has 1 aliphatic heterocycles. The summed E-state index contributed by atoms with van der Waals surface area (Å²) in [5.41, 5.74) is 3.41. The molecule has 32 heavy (non-hydrogen) atoms. The summed E-state index contributed by atoms with van der Waals surface area (Å²) in [7, 11) is 3.10. The quantitative estimate of drug-likeness (QED) is 0.594. The summed E-state index contributed by atoms with van der Waals surface area (Å²) < 4.78 is 21.6. The van der Waals surface area contributed by atoms with E-state index in [-0.39, 0.29) is 12.0 Å². The zero-order valence-electron chi connectivity index (χ0n) is 19.4. The lowest BCUT2D eigenvalue weighted by atomic mass is 10.1. The molecule has 1 fully saturated rings. The zero-order valence-corrected chi connectivity index (χ0v) is 19.4. The molecule has 1 aromatic heterocycles. The van der Waals surface area contributed by atoms with E-state index in [0.717, 1.165) is 29.7 Å². The number of nitrogens with one attached hydrogen (secondary N) is 1. The van der Waals surface area contributed by atoms with Crippen molar-refractivity contribution in [1.29, 1.82) is 0 Å². The smallest absolute Gasteiger partial charge is 0.355 e. The van der Waals surface area contributed by atoms with E-state index in [2.05, 4.69) is 4.98 Å².